The van der Waals surface area contributed by atoms with Crippen molar-refractivity contribution in [2.24, 2.45) is 0 Å². The molecular formula is C33H44N2O6. The van der Waals surface area contributed by atoms with Crippen molar-refractivity contribution in [1.82, 2.24) is 10.6 Å². The van der Waals surface area contributed by atoms with Crippen molar-refractivity contribution < 1.29 is 28.6 Å². The fourth-order valence-corrected chi connectivity index (χ4v) is 3.97. The highest BCUT2D eigenvalue weighted by Gasteiger charge is 2.28. The average Bonchev–Trinajstić information content (AvgIpc) is 3.30. The highest BCUT2D eigenvalue weighted by Crippen LogP contribution is 2.43. The van der Waals surface area contributed by atoms with Gasteiger partial charge in [-0.15, -0.1) is 0 Å². The summed E-state index contributed by atoms with van der Waals surface area (Å²) < 4.78 is 15.1. The Bertz CT molecular complexity index is 1100. The molecule has 2 aromatic rings. The number of ether oxygens (including phenoxy) is 3. The molecule has 3 rings (SSSR count). The van der Waals surface area contributed by atoms with Crippen LogP contribution < -0.4 is 10.6 Å². The molecular weight excluding hydrogens is 520 g/mol. The molecule has 0 saturated heterocycles. The van der Waals surface area contributed by atoms with Gasteiger partial charge in [-0.25, -0.2) is 0 Å². The molecule has 0 fully saturated rings. The first-order chi connectivity index (χ1) is 20.1. The van der Waals surface area contributed by atoms with E-state index in [1.165, 1.54) is 11.1 Å². The fourth-order valence-electron chi connectivity index (χ4n) is 3.97. The highest BCUT2D eigenvalue weighted by atomic mass is 16.5. The van der Waals surface area contributed by atoms with E-state index in [1.54, 1.807) is 0 Å². The second-order valence-corrected chi connectivity index (χ2v) is 8.83. The van der Waals surface area contributed by atoms with E-state index in [-0.39, 0.29) is 11.9 Å². The predicted octanol–water partition coefficient (Wildman–Crippen LogP) is 4.97. The van der Waals surface area contributed by atoms with E-state index in [4.69, 9.17) is 14.2 Å². The molecule has 1 atom stereocenters. The summed E-state index contributed by atoms with van der Waals surface area (Å²) in [6.45, 7) is 11.8. The number of benzene rings is 2. The maximum Gasteiger partial charge on any atom is 0.306 e. The van der Waals surface area contributed by atoms with Crippen LogP contribution in [0.3, 0.4) is 0 Å². The number of fused-ring (bicyclic) bond motifs is 1. The molecule has 2 aromatic carbocycles. The third-order valence-corrected chi connectivity index (χ3v) is 5.86. The summed E-state index contributed by atoms with van der Waals surface area (Å²) in [6.07, 6.45) is 7.95. The highest BCUT2D eigenvalue weighted by molar-refractivity contribution is 5.86. The van der Waals surface area contributed by atoms with Crippen molar-refractivity contribution in [2.75, 3.05) is 40.0 Å². The molecule has 0 bridgehead atoms. The molecule has 1 aliphatic carbocycles. The van der Waals surface area contributed by atoms with Crippen molar-refractivity contribution in [3.63, 3.8) is 0 Å². The summed E-state index contributed by atoms with van der Waals surface area (Å²) in [5.74, 6) is -0.0121. The maximum absolute atomic E-state index is 11.0. The molecule has 0 aliphatic heterocycles. The van der Waals surface area contributed by atoms with Gasteiger partial charge in [-0.3, -0.25) is 14.4 Å². The van der Waals surface area contributed by atoms with Gasteiger partial charge in [-0.05, 0) is 48.2 Å². The summed E-state index contributed by atoms with van der Waals surface area (Å²) in [6, 6.07) is 17.9. The van der Waals surface area contributed by atoms with Gasteiger partial charge in [0.1, 0.15) is 13.2 Å². The zero-order valence-electron chi connectivity index (χ0n) is 24.5. The second-order valence-electron chi connectivity index (χ2n) is 8.83. The number of amides is 1. The molecule has 41 heavy (non-hydrogen) atoms. The number of rotatable bonds is 16. The molecule has 0 heterocycles. The molecule has 0 saturated carbocycles. The van der Waals surface area contributed by atoms with Gasteiger partial charge in [0.15, 0.2) is 0 Å². The quantitative estimate of drug-likeness (QED) is 0.169. The zero-order chi connectivity index (χ0) is 30.1. The third kappa shape index (κ3) is 13.8. The Balaban J connectivity index is 0.000000324. The minimum atomic E-state index is -0.119. The summed E-state index contributed by atoms with van der Waals surface area (Å²) in [4.78, 5) is 31.1. The Morgan fingerprint density at radius 1 is 1.02 bits per heavy atom. The van der Waals surface area contributed by atoms with Crippen LogP contribution in [-0.2, 0) is 35.2 Å². The zero-order valence-corrected chi connectivity index (χ0v) is 24.5. The van der Waals surface area contributed by atoms with Crippen molar-refractivity contribution in [1.29, 1.82) is 0 Å². The first-order valence-corrected chi connectivity index (χ1v) is 13.8. The summed E-state index contributed by atoms with van der Waals surface area (Å²) >= 11 is 0. The average molecular weight is 565 g/mol. The Morgan fingerprint density at radius 2 is 1.73 bits per heavy atom. The summed E-state index contributed by atoms with van der Waals surface area (Å²) in [7, 11) is 1.87. The van der Waals surface area contributed by atoms with Crippen molar-refractivity contribution in [3.8, 4) is 0 Å². The van der Waals surface area contributed by atoms with Crippen LogP contribution in [0.5, 0.6) is 0 Å². The van der Waals surface area contributed by atoms with E-state index in [2.05, 4.69) is 35.4 Å². The topological polar surface area (TPSA) is 103 Å². The van der Waals surface area contributed by atoms with Crippen LogP contribution in [0.4, 0.5) is 0 Å². The van der Waals surface area contributed by atoms with Crippen LogP contribution in [0.25, 0.3) is 5.57 Å². The number of nitrogens with one attached hydrogen (secondary N) is 2. The Kier molecular flexibility index (Phi) is 19.4. The van der Waals surface area contributed by atoms with Crippen molar-refractivity contribution in [3.05, 3.63) is 102 Å². The lowest BCUT2D eigenvalue weighted by Gasteiger charge is -2.13. The van der Waals surface area contributed by atoms with Crippen LogP contribution in [0.1, 0.15) is 49.3 Å². The van der Waals surface area contributed by atoms with Gasteiger partial charge in [-0.2, -0.15) is 0 Å². The van der Waals surface area contributed by atoms with Gasteiger partial charge in [-0.1, -0.05) is 86.3 Å². The number of carbonyl (C=O) groups is 3. The van der Waals surface area contributed by atoms with E-state index in [1.807, 2.05) is 75.5 Å². The standard InChI is InChI=1S/C16H16O2.C11H14O2.C6H14N2O2/c1-3-7-13-12(4-2)14-8-5-6-9-15(14)16(13)10-18-11-17;1-2-6-11(12)13-9-10-7-4-3-5-8-10;1-7-2-4-10-5-3-8-6-9/h3-9,11,16H,2,10H2,1H3;3-5,7-8H,2,6,9H2,1H3;6-7H,2-5H2,1H3,(H,8,9)/b7-3-;;. The lowest BCUT2D eigenvalue weighted by atomic mass is 9.96. The van der Waals surface area contributed by atoms with E-state index < -0.39 is 0 Å². The minimum absolute atomic E-state index is 0.107. The Hall–Kier alpha value is -4.01. The van der Waals surface area contributed by atoms with Gasteiger partial charge in [0.2, 0.25) is 6.41 Å². The molecule has 0 radical (unpaired) electrons. The molecule has 0 aromatic heterocycles. The number of likely N-dealkylation sites (N-methyl/N-ethyl adjacent to an activating group) is 1. The van der Waals surface area contributed by atoms with Crippen LogP contribution in [0.15, 0.2) is 85.0 Å². The van der Waals surface area contributed by atoms with Crippen LogP contribution >= 0.6 is 0 Å². The second kappa shape index (κ2) is 22.8. The molecule has 8 nitrogen and oxygen atoms in total. The largest absolute Gasteiger partial charge is 0.467 e. The van der Waals surface area contributed by atoms with Crippen LogP contribution in [-0.4, -0.2) is 58.8 Å². The van der Waals surface area contributed by atoms with Gasteiger partial charge >= 0.3 is 5.97 Å². The lowest BCUT2D eigenvalue weighted by Crippen LogP contribution is -2.20. The molecule has 8 heteroatoms. The molecule has 0 spiro atoms. The Labute approximate surface area is 244 Å². The van der Waals surface area contributed by atoms with Gasteiger partial charge < -0.3 is 24.8 Å². The number of allylic oxidation sites excluding steroid dienone is 4. The number of carbonyl (C=O) groups excluding carboxylic acids is 3. The normalized spacial score (nSPS) is 13.2. The van der Waals surface area contributed by atoms with Gasteiger partial charge in [0, 0.05) is 25.4 Å². The van der Waals surface area contributed by atoms with E-state index in [0.717, 1.165) is 29.7 Å². The van der Waals surface area contributed by atoms with E-state index in [9.17, 15) is 14.4 Å². The molecule has 1 unspecified atom stereocenters. The van der Waals surface area contributed by atoms with Crippen molar-refractivity contribution in [2.45, 2.75) is 39.2 Å². The number of hydrogen-bond donors (Lipinski definition) is 2. The maximum atomic E-state index is 11.0. The molecule has 222 valence electrons. The van der Waals surface area contributed by atoms with Gasteiger partial charge in [0.25, 0.3) is 6.47 Å². The van der Waals surface area contributed by atoms with Gasteiger partial charge in [0.05, 0.1) is 13.2 Å². The smallest absolute Gasteiger partial charge is 0.306 e. The lowest BCUT2D eigenvalue weighted by molar-refractivity contribution is -0.145. The monoisotopic (exact) mass is 564 g/mol. The number of esters is 1. The fraction of sp³-hybridized carbons (Fsp3) is 0.364. The first kappa shape index (κ1) is 35.0. The van der Waals surface area contributed by atoms with Crippen LogP contribution in [0.2, 0.25) is 0 Å². The predicted molar refractivity (Wildman–Crippen MR) is 163 cm³/mol. The van der Waals surface area contributed by atoms with E-state index in [0.29, 0.717) is 52.3 Å². The van der Waals surface area contributed by atoms with Crippen LogP contribution in [0, 0.1) is 0 Å². The van der Waals surface area contributed by atoms with E-state index >= 15 is 0 Å². The minimum Gasteiger partial charge on any atom is -0.467 e. The summed E-state index contributed by atoms with van der Waals surface area (Å²) in [5, 5.41) is 5.44. The molecule has 1 amide bonds. The van der Waals surface area contributed by atoms with Crippen molar-refractivity contribution >= 4 is 24.4 Å². The summed E-state index contributed by atoms with van der Waals surface area (Å²) in [5.41, 5.74) is 5.70. The first-order valence-electron chi connectivity index (χ1n) is 13.8. The number of hydrogen-bond acceptors (Lipinski definition) is 7. The SMILES string of the molecule is C=CC1=C(/C=C\C)C(COC=O)c2ccccc21.CCCC(=O)OCc1ccccc1.CNCCOCCNC=O. The Morgan fingerprint density at radius 3 is 2.37 bits per heavy atom. The molecule has 2 N–H and O–H groups in total. The third-order valence-electron chi connectivity index (χ3n) is 5.86. The molecule has 1 aliphatic rings.